The van der Waals surface area contributed by atoms with Crippen molar-refractivity contribution in [2.24, 2.45) is 11.3 Å². The van der Waals surface area contributed by atoms with Crippen LogP contribution in [-0.2, 0) is 0 Å². The van der Waals surface area contributed by atoms with E-state index in [2.05, 4.69) is 25.7 Å². The molecule has 0 amide bonds. The number of carboxylic acids is 1. The minimum Gasteiger partial charge on any atom is -0.478 e. The maximum Gasteiger partial charge on any atom is 0.335 e. The van der Waals surface area contributed by atoms with E-state index in [4.69, 9.17) is 5.11 Å². The first-order chi connectivity index (χ1) is 7.88. The molecule has 2 rings (SSSR count). The molecule has 1 saturated heterocycles. The molecule has 0 aliphatic carbocycles. The lowest BCUT2D eigenvalue weighted by atomic mass is 9.76. The van der Waals surface area contributed by atoms with Crippen molar-refractivity contribution in [3.63, 3.8) is 0 Å². The zero-order valence-electron chi connectivity index (χ0n) is 10.6. The summed E-state index contributed by atoms with van der Waals surface area (Å²) in [5.41, 5.74) is 1.72. The number of hydrogen-bond acceptors (Lipinski definition) is 2. The molecular formula is C14H19NO2. The summed E-state index contributed by atoms with van der Waals surface area (Å²) in [6, 6.07) is 7.17. The lowest BCUT2D eigenvalue weighted by Gasteiger charge is -2.47. The van der Waals surface area contributed by atoms with Crippen LogP contribution in [0.5, 0.6) is 0 Å². The van der Waals surface area contributed by atoms with Crippen molar-refractivity contribution in [1.29, 1.82) is 0 Å². The Hall–Kier alpha value is -1.51. The van der Waals surface area contributed by atoms with Crippen LogP contribution in [0, 0.1) is 11.3 Å². The molecule has 3 nitrogen and oxygen atoms in total. The van der Waals surface area contributed by atoms with E-state index in [1.165, 1.54) is 0 Å². The Morgan fingerprint density at radius 1 is 1.35 bits per heavy atom. The Morgan fingerprint density at radius 3 is 2.53 bits per heavy atom. The van der Waals surface area contributed by atoms with Crippen molar-refractivity contribution in [1.82, 2.24) is 0 Å². The maximum atomic E-state index is 10.9. The zero-order valence-corrected chi connectivity index (χ0v) is 10.6. The summed E-state index contributed by atoms with van der Waals surface area (Å²) in [7, 11) is 0. The van der Waals surface area contributed by atoms with Gasteiger partial charge in [0.05, 0.1) is 5.56 Å². The Bertz CT molecular complexity index is 428. The number of hydrogen-bond donors (Lipinski definition) is 1. The summed E-state index contributed by atoms with van der Waals surface area (Å²) >= 11 is 0. The van der Waals surface area contributed by atoms with Crippen LogP contribution < -0.4 is 4.90 Å². The van der Waals surface area contributed by atoms with Crippen molar-refractivity contribution in [3.8, 4) is 0 Å². The number of benzene rings is 1. The van der Waals surface area contributed by atoms with E-state index in [9.17, 15) is 4.79 Å². The van der Waals surface area contributed by atoms with Gasteiger partial charge in [0.1, 0.15) is 0 Å². The first-order valence-electron chi connectivity index (χ1n) is 5.96. The molecule has 1 heterocycles. The number of carbonyl (C=O) groups is 1. The Morgan fingerprint density at radius 2 is 2.00 bits per heavy atom. The summed E-state index contributed by atoms with van der Waals surface area (Å²) in [5, 5.41) is 8.94. The highest BCUT2D eigenvalue weighted by molar-refractivity contribution is 5.88. The smallest absolute Gasteiger partial charge is 0.335 e. The fraction of sp³-hybridized carbons (Fsp3) is 0.500. The summed E-state index contributed by atoms with van der Waals surface area (Å²) in [4.78, 5) is 13.1. The Labute approximate surface area is 102 Å². The normalized spacial score (nSPS) is 16.8. The van der Waals surface area contributed by atoms with Crippen LogP contribution in [0.25, 0.3) is 0 Å². The van der Waals surface area contributed by atoms with Gasteiger partial charge in [-0.2, -0.15) is 0 Å². The average molecular weight is 233 g/mol. The number of rotatable bonds is 2. The molecule has 3 heteroatoms. The van der Waals surface area contributed by atoms with Crippen LogP contribution in [-0.4, -0.2) is 24.2 Å². The molecule has 0 radical (unpaired) electrons. The van der Waals surface area contributed by atoms with E-state index >= 15 is 0 Å². The van der Waals surface area contributed by atoms with Crippen molar-refractivity contribution >= 4 is 11.7 Å². The predicted octanol–water partition coefficient (Wildman–Crippen LogP) is 2.87. The van der Waals surface area contributed by atoms with Crippen LogP contribution in [0.15, 0.2) is 24.3 Å². The van der Waals surface area contributed by atoms with Crippen molar-refractivity contribution in [3.05, 3.63) is 29.8 Å². The molecule has 0 saturated carbocycles. The Balaban J connectivity index is 2.06. The fourth-order valence-electron chi connectivity index (χ4n) is 2.07. The van der Waals surface area contributed by atoms with Crippen LogP contribution in [0.2, 0.25) is 0 Å². The molecule has 0 unspecified atom stereocenters. The molecule has 0 spiro atoms. The first-order valence-corrected chi connectivity index (χ1v) is 5.96. The van der Waals surface area contributed by atoms with Gasteiger partial charge in [-0.25, -0.2) is 4.79 Å². The Kier molecular flexibility index (Phi) is 2.86. The maximum absolute atomic E-state index is 10.9. The minimum atomic E-state index is -0.861. The summed E-state index contributed by atoms with van der Waals surface area (Å²) in [6.45, 7) is 8.80. The number of anilines is 1. The highest BCUT2D eigenvalue weighted by Crippen LogP contribution is 2.36. The number of carboxylic acid groups (broad SMARTS) is 1. The van der Waals surface area contributed by atoms with Gasteiger partial charge in [-0.1, -0.05) is 26.8 Å². The number of nitrogens with zero attached hydrogens (tertiary/aromatic N) is 1. The van der Waals surface area contributed by atoms with Crippen molar-refractivity contribution in [2.75, 3.05) is 18.0 Å². The van der Waals surface area contributed by atoms with Crippen LogP contribution >= 0.6 is 0 Å². The lowest BCUT2D eigenvalue weighted by molar-refractivity contribution is 0.0697. The van der Waals surface area contributed by atoms with Gasteiger partial charge < -0.3 is 10.0 Å². The molecule has 0 aromatic heterocycles. The van der Waals surface area contributed by atoms with E-state index in [0.29, 0.717) is 16.9 Å². The summed E-state index contributed by atoms with van der Waals surface area (Å²) in [5.74, 6) is -0.171. The minimum absolute atomic E-state index is 0.334. The molecule has 0 atom stereocenters. The monoisotopic (exact) mass is 233 g/mol. The summed E-state index contributed by atoms with van der Waals surface area (Å²) < 4.78 is 0. The predicted molar refractivity (Wildman–Crippen MR) is 68.6 cm³/mol. The SMILES string of the molecule is CC(C)(C)C1CN(c2cccc(C(=O)O)c2)C1. The van der Waals surface area contributed by atoms with E-state index < -0.39 is 5.97 Å². The summed E-state index contributed by atoms with van der Waals surface area (Å²) in [6.07, 6.45) is 0. The molecule has 1 aromatic carbocycles. The van der Waals surface area contributed by atoms with Crippen LogP contribution in [0.3, 0.4) is 0 Å². The average Bonchev–Trinajstić information content (AvgIpc) is 2.13. The second-order valence-corrected chi connectivity index (χ2v) is 5.82. The standard InChI is InChI=1S/C14H19NO2/c1-14(2,3)11-8-15(9-11)12-6-4-5-10(7-12)13(16)17/h4-7,11H,8-9H2,1-3H3,(H,16,17). The van der Waals surface area contributed by atoms with Gasteiger partial charge in [-0.15, -0.1) is 0 Å². The molecule has 1 aromatic rings. The molecule has 92 valence electrons. The van der Waals surface area contributed by atoms with Crippen LogP contribution in [0.1, 0.15) is 31.1 Å². The van der Waals surface area contributed by atoms with Crippen molar-refractivity contribution < 1.29 is 9.90 Å². The largest absolute Gasteiger partial charge is 0.478 e. The van der Waals surface area contributed by atoms with E-state index in [-0.39, 0.29) is 0 Å². The van der Waals surface area contributed by atoms with Crippen LogP contribution in [0.4, 0.5) is 5.69 Å². The topological polar surface area (TPSA) is 40.5 Å². The van der Waals surface area contributed by atoms with Gasteiger partial charge in [-0.05, 0) is 29.5 Å². The highest BCUT2D eigenvalue weighted by atomic mass is 16.4. The van der Waals surface area contributed by atoms with E-state index in [1.54, 1.807) is 12.1 Å². The van der Waals surface area contributed by atoms with Gasteiger partial charge in [0.25, 0.3) is 0 Å². The first kappa shape index (κ1) is 12.0. The molecule has 0 bridgehead atoms. The van der Waals surface area contributed by atoms with E-state index in [0.717, 1.165) is 18.8 Å². The van der Waals surface area contributed by atoms with Gasteiger partial charge in [0, 0.05) is 18.8 Å². The van der Waals surface area contributed by atoms with E-state index in [1.807, 2.05) is 12.1 Å². The highest BCUT2D eigenvalue weighted by Gasteiger charge is 2.35. The molecule has 1 aliphatic rings. The second-order valence-electron chi connectivity index (χ2n) is 5.82. The lowest BCUT2D eigenvalue weighted by Crippen LogP contribution is -2.52. The van der Waals surface area contributed by atoms with Gasteiger partial charge >= 0.3 is 5.97 Å². The fourth-order valence-corrected chi connectivity index (χ4v) is 2.07. The number of aromatic carboxylic acids is 1. The zero-order chi connectivity index (χ0) is 12.6. The molecule has 1 aliphatic heterocycles. The molecule has 1 N–H and O–H groups in total. The molecule has 1 fully saturated rings. The third-order valence-electron chi connectivity index (χ3n) is 3.56. The third-order valence-corrected chi connectivity index (χ3v) is 3.56. The van der Waals surface area contributed by atoms with Gasteiger partial charge in [0.15, 0.2) is 0 Å². The van der Waals surface area contributed by atoms with Gasteiger partial charge in [-0.3, -0.25) is 0 Å². The van der Waals surface area contributed by atoms with Crippen molar-refractivity contribution in [2.45, 2.75) is 20.8 Å². The quantitative estimate of drug-likeness (QED) is 0.854. The third kappa shape index (κ3) is 2.43. The second kappa shape index (κ2) is 4.06. The molecular weight excluding hydrogens is 214 g/mol. The molecule has 17 heavy (non-hydrogen) atoms. The van der Waals surface area contributed by atoms with Gasteiger partial charge in [0.2, 0.25) is 0 Å².